The summed E-state index contributed by atoms with van der Waals surface area (Å²) < 4.78 is 5.44. The SMILES string of the molecule is CCCCCCCCCCCCCCCC(=O)OOC(=O)C(CCCCCCCCCCCC)OC(=O)C(N)CCCCN. The van der Waals surface area contributed by atoms with Gasteiger partial charge < -0.3 is 16.2 Å². The van der Waals surface area contributed by atoms with Gasteiger partial charge in [-0.1, -0.05) is 155 Å². The Balaban J connectivity index is 4.27. The first kappa shape index (κ1) is 42.3. The fourth-order valence-electron chi connectivity index (χ4n) is 5.37. The van der Waals surface area contributed by atoms with Crippen LogP contribution in [0, 0.1) is 0 Å². The van der Waals surface area contributed by atoms with Gasteiger partial charge in [0.25, 0.3) is 0 Å². The van der Waals surface area contributed by atoms with Crippen LogP contribution in [-0.4, -0.2) is 36.6 Å². The second kappa shape index (κ2) is 32.7. The highest BCUT2D eigenvalue weighted by atomic mass is 17.2. The molecule has 0 heterocycles. The first-order chi connectivity index (χ1) is 21.5. The maximum absolute atomic E-state index is 12.7. The molecule has 0 aromatic heterocycles. The van der Waals surface area contributed by atoms with E-state index in [0.29, 0.717) is 38.6 Å². The normalized spacial score (nSPS) is 12.5. The third-order valence-electron chi connectivity index (χ3n) is 8.31. The molecule has 0 amide bonds. The van der Waals surface area contributed by atoms with Gasteiger partial charge in [0, 0.05) is 0 Å². The third-order valence-corrected chi connectivity index (χ3v) is 8.31. The van der Waals surface area contributed by atoms with Crippen molar-refractivity contribution >= 4 is 17.9 Å². The Kier molecular flexibility index (Phi) is 31.5. The topological polar surface area (TPSA) is 131 Å². The fraction of sp³-hybridized carbons (Fsp3) is 0.917. The molecule has 2 unspecified atom stereocenters. The smallest absolute Gasteiger partial charge is 0.395 e. The van der Waals surface area contributed by atoms with Gasteiger partial charge >= 0.3 is 17.9 Å². The van der Waals surface area contributed by atoms with Crippen LogP contribution in [0.1, 0.15) is 194 Å². The lowest BCUT2D eigenvalue weighted by molar-refractivity contribution is -0.265. The quantitative estimate of drug-likeness (QED) is 0.0327. The van der Waals surface area contributed by atoms with Crippen molar-refractivity contribution in [1.82, 2.24) is 0 Å². The molecule has 0 saturated heterocycles. The number of rotatable bonds is 32. The molecule has 0 saturated carbocycles. The van der Waals surface area contributed by atoms with Crippen LogP contribution in [0.3, 0.4) is 0 Å². The van der Waals surface area contributed by atoms with Gasteiger partial charge in [0.2, 0.25) is 6.10 Å². The van der Waals surface area contributed by atoms with E-state index < -0.39 is 30.1 Å². The van der Waals surface area contributed by atoms with Crippen LogP contribution in [0.4, 0.5) is 0 Å². The molecule has 2 atom stereocenters. The van der Waals surface area contributed by atoms with Gasteiger partial charge in [0.05, 0.1) is 6.42 Å². The summed E-state index contributed by atoms with van der Waals surface area (Å²) >= 11 is 0. The van der Waals surface area contributed by atoms with Crippen LogP contribution in [0.25, 0.3) is 0 Å². The van der Waals surface area contributed by atoms with Crippen LogP contribution >= 0.6 is 0 Å². The zero-order valence-electron chi connectivity index (χ0n) is 28.8. The second-order valence-corrected chi connectivity index (χ2v) is 12.6. The summed E-state index contributed by atoms with van der Waals surface area (Å²) in [5, 5.41) is 0. The number of nitrogens with two attached hydrogens (primary N) is 2. The molecule has 8 nitrogen and oxygen atoms in total. The summed E-state index contributed by atoms with van der Waals surface area (Å²) in [6.07, 6.45) is 28.6. The molecular formula is C36H70N2O6. The highest BCUT2D eigenvalue weighted by molar-refractivity contribution is 5.82. The number of esters is 1. The lowest BCUT2D eigenvalue weighted by Gasteiger charge is -2.18. The molecule has 0 radical (unpaired) electrons. The molecule has 0 aromatic rings. The van der Waals surface area contributed by atoms with E-state index in [1.54, 1.807) is 0 Å². The minimum absolute atomic E-state index is 0.194. The highest BCUT2D eigenvalue weighted by Gasteiger charge is 2.28. The van der Waals surface area contributed by atoms with Gasteiger partial charge in [-0.2, -0.15) is 0 Å². The lowest BCUT2D eigenvalue weighted by Crippen LogP contribution is -2.38. The number of hydrogen-bond donors (Lipinski definition) is 2. The first-order valence-corrected chi connectivity index (χ1v) is 18.5. The Morgan fingerprint density at radius 1 is 0.500 bits per heavy atom. The standard InChI is InChI=1S/C36H70N2O6/c1-3-5-7-9-11-13-15-16-17-19-21-23-25-30-34(39)43-44-36(41)33(42-35(40)32(38)28-26-27-31-37)29-24-22-20-18-14-12-10-8-6-4-2/h32-33H,3-31,37-38H2,1-2H3. The molecule has 0 aliphatic heterocycles. The molecular weight excluding hydrogens is 556 g/mol. The van der Waals surface area contributed by atoms with Crippen molar-refractivity contribution in [2.24, 2.45) is 11.5 Å². The average Bonchev–Trinajstić information content (AvgIpc) is 3.02. The lowest BCUT2D eigenvalue weighted by atomic mass is 10.0. The second-order valence-electron chi connectivity index (χ2n) is 12.6. The van der Waals surface area contributed by atoms with E-state index in [1.165, 1.54) is 103 Å². The fourth-order valence-corrected chi connectivity index (χ4v) is 5.37. The van der Waals surface area contributed by atoms with Gasteiger partial charge in [0.15, 0.2) is 0 Å². The van der Waals surface area contributed by atoms with E-state index in [4.69, 9.17) is 26.0 Å². The van der Waals surface area contributed by atoms with Crippen molar-refractivity contribution in [3.63, 3.8) is 0 Å². The van der Waals surface area contributed by atoms with Crippen LogP contribution in [0.2, 0.25) is 0 Å². The average molecular weight is 627 g/mol. The summed E-state index contributed by atoms with van der Waals surface area (Å²) in [5.74, 6) is -2.08. The number of unbranched alkanes of at least 4 members (excludes halogenated alkanes) is 22. The minimum atomic E-state index is -1.14. The van der Waals surface area contributed by atoms with E-state index in [9.17, 15) is 14.4 Å². The zero-order chi connectivity index (χ0) is 32.5. The Bertz CT molecular complexity index is 675. The Labute approximate surface area is 270 Å². The van der Waals surface area contributed by atoms with E-state index in [2.05, 4.69) is 13.8 Å². The summed E-state index contributed by atoms with van der Waals surface area (Å²) in [6, 6.07) is -0.831. The Morgan fingerprint density at radius 3 is 1.36 bits per heavy atom. The molecule has 4 N–H and O–H groups in total. The van der Waals surface area contributed by atoms with Crippen LogP contribution < -0.4 is 11.5 Å². The van der Waals surface area contributed by atoms with E-state index >= 15 is 0 Å². The predicted molar refractivity (Wildman–Crippen MR) is 180 cm³/mol. The molecule has 44 heavy (non-hydrogen) atoms. The van der Waals surface area contributed by atoms with Gasteiger partial charge in [-0.3, -0.25) is 4.79 Å². The van der Waals surface area contributed by atoms with Crippen molar-refractivity contribution in [3.05, 3.63) is 0 Å². The number of carbonyl (C=O) groups excluding carboxylic acids is 3. The van der Waals surface area contributed by atoms with Crippen molar-refractivity contribution < 1.29 is 28.9 Å². The first-order valence-electron chi connectivity index (χ1n) is 18.5. The molecule has 0 aliphatic carbocycles. The molecule has 0 bridgehead atoms. The van der Waals surface area contributed by atoms with Crippen LogP contribution in [0.15, 0.2) is 0 Å². The van der Waals surface area contributed by atoms with Crippen molar-refractivity contribution in [1.29, 1.82) is 0 Å². The number of carbonyl (C=O) groups is 3. The molecule has 8 heteroatoms. The number of hydrogen-bond acceptors (Lipinski definition) is 8. The molecule has 0 rings (SSSR count). The van der Waals surface area contributed by atoms with Gasteiger partial charge in [-0.25, -0.2) is 19.4 Å². The van der Waals surface area contributed by atoms with Crippen molar-refractivity contribution in [2.75, 3.05) is 6.54 Å². The molecule has 0 fully saturated rings. The molecule has 0 spiro atoms. The Hall–Kier alpha value is -1.67. The largest absolute Gasteiger partial charge is 0.449 e. The maximum atomic E-state index is 12.7. The van der Waals surface area contributed by atoms with Crippen LogP contribution in [-0.2, 0) is 28.9 Å². The molecule has 0 aromatic carbocycles. The molecule has 0 aliphatic rings. The minimum Gasteiger partial charge on any atom is -0.449 e. The molecule has 260 valence electrons. The van der Waals surface area contributed by atoms with Crippen molar-refractivity contribution in [3.8, 4) is 0 Å². The van der Waals surface area contributed by atoms with Gasteiger partial charge in [-0.05, 0) is 38.6 Å². The summed E-state index contributed by atoms with van der Waals surface area (Å²) in [6.45, 7) is 5.00. The third kappa shape index (κ3) is 27.8. The predicted octanol–water partition coefficient (Wildman–Crippen LogP) is 9.15. The van der Waals surface area contributed by atoms with Crippen molar-refractivity contribution in [2.45, 2.75) is 206 Å². The summed E-state index contributed by atoms with van der Waals surface area (Å²) in [4.78, 5) is 47.0. The van der Waals surface area contributed by atoms with Gasteiger partial charge in [0.1, 0.15) is 6.04 Å². The van der Waals surface area contributed by atoms with E-state index in [-0.39, 0.29) is 6.42 Å². The van der Waals surface area contributed by atoms with Crippen LogP contribution in [0.5, 0.6) is 0 Å². The number of ether oxygens (including phenoxy) is 1. The summed E-state index contributed by atoms with van der Waals surface area (Å²) in [5.41, 5.74) is 11.5. The summed E-state index contributed by atoms with van der Waals surface area (Å²) in [7, 11) is 0. The van der Waals surface area contributed by atoms with Gasteiger partial charge in [-0.15, -0.1) is 0 Å². The maximum Gasteiger partial charge on any atom is 0.395 e. The monoisotopic (exact) mass is 627 g/mol. The zero-order valence-corrected chi connectivity index (χ0v) is 28.8. The van der Waals surface area contributed by atoms with E-state index in [1.807, 2.05) is 0 Å². The Morgan fingerprint density at radius 2 is 0.909 bits per heavy atom. The van der Waals surface area contributed by atoms with E-state index in [0.717, 1.165) is 38.5 Å². The highest BCUT2D eigenvalue weighted by Crippen LogP contribution is 2.16.